The summed E-state index contributed by atoms with van der Waals surface area (Å²) in [7, 11) is 1.98. The van der Waals surface area contributed by atoms with Crippen molar-refractivity contribution in [3.63, 3.8) is 0 Å². The first-order valence-electron chi connectivity index (χ1n) is 5.58. The molecular formula is C12H15BrF2N2. The van der Waals surface area contributed by atoms with Crippen LogP contribution in [0, 0.1) is 17.6 Å². The van der Waals surface area contributed by atoms with E-state index in [-0.39, 0.29) is 10.5 Å². The minimum atomic E-state index is -0.823. The molecule has 0 spiro atoms. The summed E-state index contributed by atoms with van der Waals surface area (Å²) in [4.78, 5) is 2.13. The van der Waals surface area contributed by atoms with Crippen LogP contribution >= 0.6 is 15.9 Å². The van der Waals surface area contributed by atoms with Crippen molar-refractivity contribution in [2.75, 3.05) is 20.1 Å². The molecule has 1 fully saturated rings. The van der Waals surface area contributed by atoms with Crippen LogP contribution in [-0.2, 0) is 0 Å². The van der Waals surface area contributed by atoms with Gasteiger partial charge in [0.2, 0.25) is 0 Å². The van der Waals surface area contributed by atoms with Crippen molar-refractivity contribution in [3.8, 4) is 0 Å². The maximum absolute atomic E-state index is 13.5. The van der Waals surface area contributed by atoms with Crippen LogP contribution in [0.15, 0.2) is 16.6 Å². The van der Waals surface area contributed by atoms with Gasteiger partial charge in [0.05, 0.1) is 4.47 Å². The molecule has 1 aromatic carbocycles. The molecule has 1 aromatic rings. The molecule has 2 N–H and O–H groups in total. The van der Waals surface area contributed by atoms with E-state index < -0.39 is 11.6 Å². The average Bonchev–Trinajstić information content (AvgIpc) is 2.68. The van der Waals surface area contributed by atoms with E-state index in [4.69, 9.17) is 5.73 Å². The first kappa shape index (κ1) is 12.9. The number of rotatable bonds is 2. The highest BCUT2D eigenvalue weighted by Crippen LogP contribution is 2.38. The van der Waals surface area contributed by atoms with E-state index in [2.05, 4.69) is 20.8 Å². The minimum Gasteiger partial charge on any atom is -0.330 e. The lowest BCUT2D eigenvalue weighted by molar-refractivity contribution is 0.311. The van der Waals surface area contributed by atoms with E-state index in [0.717, 1.165) is 18.5 Å². The summed E-state index contributed by atoms with van der Waals surface area (Å²) in [6.45, 7) is 1.52. The molecule has 2 nitrogen and oxygen atoms in total. The summed E-state index contributed by atoms with van der Waals surface area (Å²) in [6, 6.07) is 2.93. The molecule has 5 heteroatoms. The van der Waals surface area contributed by atoms with Gasteiger partial charge in [0, 0.05) is 12.6 Å². The Kier molecular flexibility index (Phi) is 3.80. The van der Waals surface area contributed by atoms with Crippen molar-refractivity contribution in [1.82, 2.24) is 4.90 Å². The molecule has 2 rings (SSSR count). The molecule has 0 radical (unpaired) electrons. The van der Waals surface area contributed by atoms with Crippen LogP contribution in [0.5, 0.6) is 0 Å². The molecule has 1 aliphatic rings. The Hall–Kier alpha value is -0.520. The number of halogens is 3. The van der Waals surface area contributed by atoms with E-state index in [1.54, 1.807) is 6.07 Å². The van der Waals surface area contributed by atoms with Gasteiger partial charge in [-0.2, -0.15) is 0 Å². The van der Waals surface area contributed by atoms with Gasteiger partial charge in [-0.1, -0.05) is 6.07 Å². The van der Waals surface area contributed by atoms with Crippen molar-refractivity contribution in [1.29, 1.82) is 0 Å². The van der Waals surface area contributed by atoms with Crippen LogP contribution in [0.3, 0.4) is 0 Å². The van der Waals surface area contributed by atoms with Gasteiger partial charge in [-0.25, -0.2) is 8.78 Å². The fourth-order valence-corrected chi connectivity index (χ4v) is 3.02. The van der Waals surface area contributed by atoms with E-state index in [1.165, 1.54) is 6.07 Å². The zero-order valence-corrected chi connectivity index (χ0v) is 11.2. The monoisotopic (exact) mass is 304 g/mol. The molecule has 0 saturated carbocycles. The van der Waals surface area contributed by atoms with Crippen LogP contribution < -0.4 is 5.73 Å². The zero-order chi connectivity index (χ0) is 12.6. The van der Waals surface area contributed by atoms with Gasteiger partial charge in [0.1, 0.15) is 0 Å². The van der Waals surface area contributed by atoms with E-state index in [1.807, 2.05) is 7.05 Å². The van der Waals surface area contributed by atoms with Gasteiger partial charge >= 0.3 is 0 Å². The smallest absolute Gasteiger partial charge is 0.173 e. The topological polar surface area (TPSA) is 29.3 Å². The number of benzene rings is 1. The average molecular weight is 305 g/mol. The third-order valence-corrected chi connectivity index (χ3v) is 4.20. The van der Waals surface area contributed by atoms with Crippen molar-refractivity contribution in [2.45, 2.75) is 12.5 Å². The second-order valence-electron chi connectivity index (χ2n) is 4.56. The summed E-state index contributed by atoms with van der Waals surface area (Å²) in [5, 5.41) is 0. The Balaban J connectivity index is 2.32. The molecule has 0 aromatic heterocycles. The van der Waals surface area contributed by atoms with Crippen molar-refractivity contribution in [3.05, 3.63) is 33.8 Å². The zero-order valence-electron chi connectivity index (χ0n) is 9.59. The maximum atomic E-state index is 13.5. The van der Waals surface area contributed by atoms with E-state index >= 15 is 0 Å². The maximum Gasteiger partial charge on any atom is 0.173 e. The summed E-state index contributed by atoms with van der Waals surface area (Å²) < 4.78 is 26.8. The summed E-state index contributed by atoms with van der Waals surface area (Å²) in [5.74, 6) is -1.21. The van der Waals surface area contributed by atoms with Crippen molar-refractivity contribution < 1.29 is 8.78 Å². The number of nitrogens with two attached hydrogens (primary N) is 1. The number of hydrogen-bond acceptors (Lipinski definition) is 2. The second kappa shape index (κ2) is 5.00. The van der Waals surface area contributed by atoms with Gasteiger partial charge in [0.25, 0.3) is 0 Å². The summed E-state index contributed by atoms with van der Waals surface area (Å²) >= 11 is 3.14. The normalized spacial score (nSPS) is 25.5. The van der Waals surface area contributed by atoms with Gasteiger partial charge in [-0.05, 0) is 53.5 Å². The second-order valence-corrected chi connectivity index (χ2v) is 5.35. The summed E-state index contributed by atoms with van der Waals surface area (Å²) in [5.41, 5.74) is 6.45. The molecule has 0 bridgehead atoms. The molecule has 1 saturated heterocycles. The fraction of sp³-hybridized carbons (Fsp3) is 0.500. The standard InChI is InChI=1S/C12H15BrF2N2/c1-17-6-7(5-16)4-10(17)8-2-3-9(14)12(15)11(8)13/h2-3,7,10H,4-6,16H2,1H3. The van der Waals surface area contributed by atoms with Crippen LogP contribution in [0.4, 0.5) is 8.78 Å². The first-order chi connectivity index (χ1) is 8.04. The van der Waals surface area contributed by atoms with Crippen molar-refractivity contribution in [2.24, 2.45) is 11.7 Å². The highest BCUT2D eigenvalue weighted by Gasteiger charge is 2.31. The Labute approximate surface area is 108 Å². The lowest BCUT2D eigenvalue weighted by atomic mass is 10.00. The van der Waals surface area contributed by atoms with Gasteiger partial charge in [0.15, 0.2) is 11.6 Å². The van der Waals surface area contributed by atoms with Gasteiger partial charge < -0.3 is 5.73 Å². The van der Waals surface area contributed by atoms with Crippen LogP contribution in [0.2, 0.25) is 0 Å². The third-order valence-electron chi connectivity index (χ3n) is 3.39. The molecule has 17 heavy (non-hydrogen) atoms. The molecular weight excluding hydrogens is 290 g/mol. The lowest BCUT2D eigenvalue weighted by Gasteiger charge is -2.21. The van der Waals surface area contributed by atoms with Gasteiger partial charge in [-0.3, -0.25) is 4.90 Å². The quantitative estimate of drug-likeness (QED) is 0.851. The van der Waals surface area contributed by atoms with E-state index in [9.17, 15) is 8.78 Å². The molecule has 1 heterocycles. The Morgan fingerprint density at radius 1 is 1.47 bits per heavy atom. The SMILES string of the molecule is CN1CC(CN)CC1c1ccc(F)c(F)c1Br. The number of hydrogen-bond donors (Lipinski definition) is 1. The van der Waals surface area contributed by atoms with Crippen LogP contribution in [0.25, 0.3) is 0 Å². The van der Waals surface area contributed by atoms with Crippen LogP contribution in [0.1, 0.15) is 18.0 Å². The highest BCUT2D eigenvalue weighted by molar-refractivity contribution is 9.10. The number of likely N-dealkylation sites (tertiary alicyclic amines) is 1. The highest BCUT2D eigenvalue weighted by atomic mass is 79.9. The molecule has 94 valence electrons. The first-order valence-corrected chi connectivity index (χ1v) is 6.37. The molecule has 0 aliphatic carbocycles. The molecule has 2 atom stereocenters. The van der Waals surface area contributed by atoms with E-state index in [0.29, 0.717) is 12.5 Å². The predicted octanol–water partition coefficient (Wildman–Crippen LogP) is 2.68. The fourth-order valence-electron chi connectivity index (χ4n) is 2.44. The molecule has 2 unspecified atom stereocenters. The lowest BCUT2D eigenvalue weighted by Crippen LogP contribution is -2.21. The number of nitrogens with zero attached hydrogens (tertiary/aromatic N) is 1. The Bertz CT molecular complexity index is 425. The van der Waals surface area contributed by atoms with Crippen molar-refractivity contribution >= 4 is 15.9 Å². The third kappa shape index (κ3) is 2.37. The minimum absolute atomic E-state index is 0.105. The molecule has 1 aliphatic heterocycles. The molecule has 0 amide bonds. The summed E-state index contributed by atoms with van der Waals surface area (Å²) in [6.07, 6.45) is 0.886. The predicted molar refractivity (Wildman–Crippen MR) is 66.6 cm³/mol. The Morgan fingerprint density at radius 3 is 2.76 bits per heavy atom. The largest absolute Gasteiger partial charge is 0.330 e. The Morgan fingerprint density at radius 2 is 2.18 bits per heavy atom. The van der Waals surface area contributed by atoms with Gasteiger partial charge in [-0.15, -0.1) is 0 Å². The van der Waals surface area contributed by atoms with Crippen LogP contribution in [-0.4, -0.2) is 25.0 Å².